The molecule has 2 aliphatic rings. The van der Waals surface area contributed by atoms with Crippen molar-refractivity contribution in [3.63, 3.8) is 0 Å². The number of aryl methyl sites for hydroxylation is 2. The van der Waals surface area contributed by atoms with Crippen molar-refractivity contribution >= 4 is 5.91 Å². The number of pyridine rings is 1. The SMILES string of the molecule is O=C(CCc1n[nH]c2c1CCCC2)N[C@@H]1COC[C@H]1Cc1ccncc1. The maximum absolute atomic E-state index is 12.4. The zero-order chi connectivity index (χ0) is 17.8. The Morgan fingerprint density at radius 1 is 1.23 bits per heavy atom. The van der Waals surface area contributed by atoms with Gasteiger partial charge in [0.25, 0.3) is 0 Å². The quantitative estimate of drug-likeness (QED) is 0.831. The molecule has 0 unspecified atom stereocenters. The van der Waals surface area contributed by atoms with E-state index in [2.05, 4.69) is 20.5 Å². The first-order valence-electron chi connectivity index (χ1n) is 9.60. The van der Waals surface area contributed by atoms with Gasteiger partial charge in [0.1, 0.15) is 0 Å². The summed E-state index contributed by atoms with van der Waals surface area (Å²) in [5.41, 5.74) is 4.93. The van der Waals surface area contributed by atoms with E-state index in [0.29, 0.717) is 32.0 Å². The number of nitrogens with zero attached hydrogens (tertiary/aromatic N) is 2. The summed E-state index contributed by atoms with van der Waals surface area (Å²) >= 11 is 0. The molecule has 0 spiro atoms. The Labute approximate surface area is 153 Å². The molecule has 3 heterocycles. The number of H-pyrrole nitrogens is 1. The van der Waals surface area contributed by atoms with E-state index in [0.717, 1.165) is 25.0 Å². The van der Waals surface area contributed by atoms with Gasteiger partial charge in [-0.1, -0.05) is 0 Å². The first-order valence-corrected chi connectivity index (χ1v) is 9.60. The van der Waals surface area contributed by atoms with E-state index in [9.17, 15) is 4.79 Å². The summed E-state index contributed by atoms with van der Waals surface area (Å²) in [7, 11) is 0. The van der Waals surface area contributed by atoms with Crippen LogP contribution in [0, 0.1) is 5.92 Å². The summed E-state index contributed by atoms with van der Waals surface area (Å²) in [4.78, 5) is 16.5. The highest BCUT2D eigenvalue weighted by Gasteiger charge is 2.29. The van der Waals surface area contributed by atoms with Gasteiger partial charge in [0.05, 0.1) is 24.9 Å². The van der Waals surface area contributed by atoms with Crippen molar-refractivity contribution in [1.29, 1.82) is 0 Å². The first kappa shape index (κ1) is 17.2. The molecule has 1 aliphatic heterocycles. The van der Waals surface area contributed by atoms with Gasteiger partial charge >= 0.3 is 0 Å². The molecule has 1 fully saturated rings. The average molecular weight is 354 g/mol. The zero-order valence-corrected chi connectivity index (χ0v) is 15.0. The maximum Gasteiger partial charge on any atom is 0.220 e. The fraction of sp³-hybridized carbons (Fsp3) is 0.550. The van der Waals surface area contributed by atoms with Crippen LogP contribution >= 0.6 is 0 Å². The minimum Gasteiger partial charge on any atom is -0.379 e. The lowest BCUT2D eigenvalue weighted by Crippen LogP contribution is -2.40. The highest BCUT2D eigenvalue weighted by molar-refractivity contribution is 5.76. The lowest BCUT2D eigenvalue weighted by molar-refractivity contribution is -0.122. The molecule has 26 heavy (non-hydrogen) atoms. The Kier molecular flexibility index (Phi) is 5.29. The van der Waals surface area contributed by atoms with E-state index >= 15 is 0 Å². The number of rotatable bonds is 6. The number of amides is 1. The Morgan fingerprint density at radius 3 is 2.96 bits per heavy atom. The monoisotopic (exact) mass is 354 g/mol. The van der Waals surface area contributed by atoms with Gasteiger partial charge < -0.3 is 10.1 Å². The molecular formula is C20H26N4O2. The highest BCUT2D eigenvalue weighted by atomic mass is 16.5. The second-order valence-corrected chi connectivity index (χ2v) is 7.37. The van der Waals surface area contributed by atoms with Crippen molar-refractivity contribution in [2.45, 2.75) is 51.0 Å². The number of fused-ring (bicyclic) bond motifs is 1. The molecule has 1 aliphatic carbocycles. The molecule has 2 aromatic heterocycles. The summed E-state index contributed by atoms with van der Waals surface area (Å²) in [5, 5.41) is 10.8. The molecule has 1 saturated heterocycles. The molecule has 0 saturated carbocycles. The lowest BCUT2D eigenvalue weighted by atomic mass is 9.94. The number of aromatic amines is 1. The summed E-state index contributed by atoms with van der Waals surface area (Å²) in [6.45, 7) is 1.29. The van der Waals surface area contributed by atoms with E-state index in [1.807, 2.05) is 24.5 Å². The van der Waals surface area contributed by atoms with E-state index in [1.54, 1.807) is 0 Å². The van der Waals surface area contributed by atoms with Crippen molar-refractivity contribution in [1.82, 2.24) is 20.5 Å². The van der Waals surface area contributed by atoms with Gasteiger partial charge in [-0.15, -0.1) is 0 Å². The molecule has 138 valence electrons. The number of ether oxygens (including phenoxy) is 1. The standard InChI is InChI=1S/C20H26N4O2/c25-20(6-5-18-16-3-1-2-4-17(16)23-24-18)22-19-13-26-12-15(19)11-14-7-9-21-10-8-14/h7-10,15,19H,1-6,11-13H2,(H,22,25)(H,23,24)/t15-,19-/m1/s1. The molecular weight excluding hydrogens is 328 g/mol. The summed E-state index contributed by atoms with van der Waals surface area (Å²) < 4.78 is 5.62. The van der Waals surface area contributed by atoms with Crippen molar-refractivity contribution in [3.05, 3.63) is 47.0 Å². The van der Waals surface area contributed by atoms with Crippen LogP contribution in [0.5, 0.6) is 0 Å². The maximum atomic E-state index is 12.4. The number of aromatic nitrogens is 3. The largest absolute Gasteiger partial charge is 0.379 e. The van der Waals surface area contributed by atoms with E-state index in [1.165, 1.54) is 29.7 Å². The third-order valence-electron chi connectivity index (χ3n) is 5.52. The minimum absolute atomic E-state index is 0.0868. The molecule has 6 nitrogen and oxygen atoms in total. The van der Waals surface area contributed by atoms with Crippen LogP contribution in [0.1, 0.15) is 41.8 Å². The van der Waals surface area contributed by atoms with Crippen molar-refractivity contribution < 1.29 is 9.53 Å². The highest BCUT2D eigenvalue weighted by Crippen LogP contribution is 2.23. The van der Waals surface area contributed by atoms with Gasteiger partial charge in [-0.25, -0.2) is 0 Å². The van der Waals surface area contributed by atoms with Crippen LogP contribution in [0.3, 0.4) is 0 Å². The van der Waals surface area contributed by atoms with Crippen LogP contribution in [0.2, 0.25) is 0 Å². The van der Waals surface area contributed by atoms with Crippen molar-refractivity contribution in [2.24, 2.45) is 5.92 Å². The smallest absolute Gasteiger partial charge is 0.220 e. The number of carbonyl (C=O) groups excluding carboxylic acids is 1. The topological polar surface area (TPSA) is 79.9 Å². The van der Waals surface area contributed by atoms with Crippen molar-refractivity contribution in [2.75, 3.05) is 13.2 Å². The molecule has 0 radical (unpaired) electrons. The first-order chi connectivity index (χ1) is 12.8. The number of hydrogen-bond donors (Lipinski definition) is 2. The van der Waals surface area contributed by atoms with E-state index in [-0.39, 0.29) is 11.9 Å². The fourth-order valence-corrected chi connectivity index (χ4v) is 4.05. The van der Waals surface area contributed by atoms with Gasteiger partial charge in [-0.05, 0) is 55.4 Å². The average Bonchev–Trinajstić information content (AvgIpc) is 3.28. The Hall–Kier alpha value is -2.21. The molecule has 1 amide bonds. The van der Waals surface area contributed by atoms with Crippen LogP contribution in [-0.4, -0.2) is 40.3 Å². The third kappa shape index (κ3) is 3.96. The third-order valence-corrected chi connectivity index (χ3v) is 5.52. The van der Waals surface area contributed by atoms with E-state index in [4.69, 9.17) is 4.74 Å². The molecule has 2 N–H and O–H groups in total. The molecule has 2 aromatic rings. The van der Waals surface area contributed by atoms with E-state index < -0.39 is 0 Å². The van der Waals surface area contributed by atoms with Crippen LogP contribution in [0.25, 0.3) is 0 Å². The predicted molar refractivity (Wildman–Crippen MR) is 97.7 cm³/mol. The second kappa shape index (κ2) is 7.99. The fourth-order valence-electron chi connectivity index (χ4n) is 4.05. The van der Waals surface area contributed by atoms with Crippen molar-refractivity contribution in [3.8, 4) is 0 Å². The van der Waals surface area contributed by atoms with Gasteiger partial charge in [-0.3, -0.25) is 14.9 Å². The van der Waals surface area contributed by atoms with Crippen LogP contribution in [0.4, 0.5) is 0 Å². The Morgan fingerprint density at radius 2 is 2.08 bits per heavy atom. The molecule has 0 bridgehead atoms. The zero-order valence-electron chi connectivity index (χ0n) is 15.0. The van der Waals surface area contributed by atoms with Crippen LogP contribution in [0.15, 0.2) is 24.5 Å². The van der Waals surface area contributed by atoms with Gasteiger partial charge in [0.2, 0.25) is 5.91 Å². The summed E-state index contributed by atoms with van der Waals surface area (Å²) in [6, 6.07) is 4.14. The minimum atomic E-state index is 0.0868. The molecule has 4 rings (SSSR count). The van der Waals surface area contributed by atoms with Crippen LogP contribution in [-0.2, 0) is 35.2 Å². The summed E-state index contributed by atoms with van der Waals surface area (Å²) in [6.07, 6.45) is 10.3. The van der Waals surface area contributed by atoms with Gasteiger partial charge in [0, 0.05) is 36.8 Å². The van der Waals surface area contributed by atoms with Gasteiger partial charge in [-0.2, -0.15) is 5.10 Å². The van der Waals surface area contributed by atoms with Gasteiger partial charge in [0.15, 0.2) is 0 Å². The lowest BCUT2D eigenvalue weighted by Gasteiger charge is -2.19. The predicted octanol–water partition coefficient (Wildman–Crippen LogP) is 1.99. The Bertz CT molecular complexity index is 744. The summed E-state index contributed by atoms with van der Waals surface area (Å²) in [5.74, 6) is 0.410. The Balaban J connectivity index is 1.29. The second-order valence-electron chi connectivity index (χ2n) is 7.37. The van der Waals surface area contributed by atoms with Crippen LogP contribution < -0.4 is 5.32 Å². The normalized spacial score (nSPS) is 22.2. The molecule has 6 heteroatoms. The molecule has 2 atom stereocenters. The number of hydrogen-bond acceptors (Lipinski definition) is 4. The number of carbonyl (C=O) groups is 1. The number of nitrogens with one attached hydrogen (secondary N) is 2. The molecule has 0 aromatic carbocycles.